The van der Waals surface area contributed by atoms with Crippen LogP contribution in [0.4, 0.5) is 0 Å². The number of hydrogen-bond donors (Lipinski definition) is 1. The van der Waals surface area contributed by atoms with E-state index in [2.05, 4.69) is 5.10 Å². The second-order valence-electron chi connectivity index (χ2n) is 6.78. The van der Waals surface area contributed by atoms with Crippen LogP contribution in [0.15, 0.2) is 42.6 Å². The van der Waals surface area contributed by atoms with Gasteiger partial charge in [-0.3, -0.25) is 14.3 Å². The number of benzene rings is 2. The number of ether oxygens (including phenoxy) is 2. The number of nitrogens with zero attached hydrogens (tertiary/aromatic N) is 3. The van der Waals surface area contributed by atoms with E-state index in [1.807, 2.05) is 20.9 Å². The van der Waals surface area contributed by atoms with E-state index in [1.54, 1.807) is 52.2 Å². The van der Waals surface area contributed by atoms with Crippen molar-refractivity contribution in [3.05, 3.63) is 48.2 Å². The predicted octanol–water partition coefficient (Wildman–Crippen LogP) is 3.10. The lowest BCUT2D eigenvalue weighted by Gasteiger charge is -2.18. The van der Waals surface area contributed by atoms with Crippen LogP contribution in [0.25, 0.3) is 10.9 Å². The van der Waals surface area contributed by atoms with Crippen molar-refractivity contribution in [1.29, 1.82) is 0 Å². The molecule has 1 heterocycles. The largest absolute Gasteiger partial charge is 0.493 e. The first-order chi connectivity index (χ1) is 14.4. The third-order valence-electron chi connectivity index (χ3n) is 4.87. The Balaban J connectivity index is 1.67. The van der Waals surface area contributed by atoms with Gasteiger partial charge in [0.15, 0.2) is 0 Å². The second kappa shape index (κ2) is 9.30. The normalized spacial score (nSPS) is 10.8. The molecule has 0 spiro atoms. The zero-order valence-corrected chi connectivity index (χ0v) is 17.4. The summed E-state index contributed by atoms with van der Waals surface area (Å²) >= 11 is 0. The molecule has 30 heavy (non-hydrogen) atoms. The third-order valence-corrected chi connectivity index (χ3v) is 4.87. The van der Waals surface area contributed by atoms with Gasteiger partial charge < -0.3 is 20.1 Å². The summed E-state index contributed by atoms with van der Waals surface area (Å²) < 4.78 is 13.3. The van der Waals surface area contributed by atoms with E-state index < -0.39 is 5.91 Å². The first-order valence-corrected chi connectivity index (χ1v) is 9.87. The summed E-state index contributed by atoms with van der Waals surface area (Å²) in [5.41, 5.74) is 6.62. The number of carbonyl (C=O) groups excluding carboxylic acids is 2. The van der Waals surface area contributed by atoms with Crippen molar-refractivity contribution in [3.63, 3.8) is 0 Å². The van der Waals surface area contributed by atoms with E-state index in [0.29, 0.717) is 43.4 Å². The highest BCUT2D eigenvalue weighted by molar-refractivity contribution is 6.00. The average Bonchev–Trinajstić information content (AvgIpc) is 3.09. The van der Waals surface area contributed by atoms with E-state index in [0.717, 1.165) is 10.9 Å². The molecule has 0 saturated carbocycles. The van der Waals surface area contributed by atoms with Gasteiger partial charge in [0.2, 0.25) is 5.91 Å². The number of carbonyl (C=O) groups is 2. The molecule has 2 amide bonds. The molecule has 8 nitrogen and oxygen atoms in total. The predicted molar refractivity (Wildman–Crippen MR) is 114 cm³/mol. The molecule has 0 bridgehead atoms. The zero-order chi connectivity index (χ0) is 21.7. The molecule has 158 valence electrons. The fraction of sp³-hybridized carbons (Fsp3) is 0.318. The van der Waals surface area contributed by atoms with E-state index in [4.69, 9.17) is 15.2 Å². The van der Waals surface area contributed by atoms with Crippen LogP contribution in [0.3, 0.4) is 0 Å². The molecule has 3 aromatic rings. The van der Waals surface area contributed by atoms with Crippen LogP contribution >= 0.6 is 0 Å². The lowest BCUT2D eigenvalue weighted by atomic mass is 10.1. The number of amides is 2. The van der Waals surface area contributed by atoms with Gasteiger partial charge >= 0.3 is 0 Å². The van der Waals surface area contributed by atoms with Crippen LogP contribution in [0.5, 0.6) is 17.2 Å². The van der Waals surface area contributed by atoms with Gasteiger partial charge in [-0.05, 0) is 44.2 Å². The Labute approximate surface area is 175 Å². The van der Waals surface area contributed by atoms with Crippen molar-refractivity contribution in [2.24, 2.45) is 12.8 Å². The maximum absolute atomic E-state index is 12.0. The zero-order valence-electron chi connectivity index (χ0n) is 17.4. The minimum atomic E-state index is -0.575. The second-order valence-corrected chi connectivity index (χ2v) is 6.78. The molecule has 0 aliphatic heterocycles. The molecule has 8 heteroatoms. The summed E-state index contributed by atoms with van der Waals surface area (Å²) in [6.45, 7) is 5.60. The number of hydrogen-bond acceptors (Lipinski definition) is 5. The van der Waals surface area contributed by atoms with E-state index in [9.17, 15) is 9.59 Å². The molecule has 0 radical (unpaired) electrons. The maximum Gasteiger partial charge on any atom is 0.252 e. The van der Waals surface area contributed by atoms with Gasteiger partial charge in [-0.25, -0.2) is 0 Å². The molecule has 0 atom stereocenters. The highest BCUT2D eigenvalue weighted by atomic mass is 16.5. The molecular formula is C22H26N4O4. The Kier molecular flexibility index (Phi) is 6.56. The Bertz CT molecular complexity index is 1040. The molecule has 3 rings (SSSR count). The van der Waals surface area contributed by atoms with Crippen LogP contribution in [0.2, 0.25) is 0 Å². The lowest BCUT2D eigenvalue weighted by molar-refractivity contribution is -0.131. The fourth-order valence-corrected chi connectivity index (χ4v) is 3.18. The van der Waals surface area contributed by atoms with Crippen molar-refractivity contribution in [3.8, 4) is 17.2 Å². The van der Waals surface area contributed by atoms with Crippen LogP contribution in [-0.4, -0.2) is 46.2 Å². The molecule has 2 aromatic carbocycles. The van der Waals surface area contributed by atoms with Crippen LogP contribution < -0.4 is 15.2 Å². The number of primary amides is 1. The van der Waals surface area contributed by atoms with Crippen molar-refractivity contribution in [2.45, 2.75) is 20.3 Å². The third kappa shape index (κ3) is 4.71. The molecule has 0 aliphatic carbocycles. The molecule has 2 N–H and O–H groups in total. The number of aromatic nitrogens is 2. The molecular weight excluding hydrogens is 384 g/mol. The first kappa shape index (κ1) is 21.2. The Morgan fingerprint density at radius 1 is 1.10 bits per heavy atom. The quantitative estimate of drug-likeness (QED) is 0.584. The van der Waals surface area contributed by atoms with Crippen molar-refractivity contribution in [1.82, 2.24) is 14.7 Å². The highest BCUT2D eigenvalue weighted by Gasteiger charge is 2.14. The minimum absolute atomic E-state index is 0.0736. The molecule has 1 aromatic heterocycles. The van der Waals surface area contributed by atoms with Gasteiger partial charge in [0.05, 0.1) is 30.3 Å². The molecule has 0 unspecified atom stereocenters. The SMILES string of the molecule is CCN(CC)C(=O)CCOc1ccc(Oc2cc3c(cnn3C)cc2C(N)=O)cc1. The highest BCUT2D eigenvalue weighted by Crippen LogP contribution is 2.30. The standard InChI is InChI=1S/C22H26N4O4/c1-4-26(5-2)21(27)10-11-29-16-6-8-17(9-7-16)30-20-13-19-15(14-24-25(19)3)12-18(20)22(23)28/h6-9,12-14H,4-5,10-11H2,1-3H3,(H2,23,28). The number of rotatable bonds is 9. The monoisotopic (exact) mass is 410 g/mol. The summed E-state index contributed by atoms with van der Waals surface area (Å²) in [7, 11) is 1.81. The summed E-state index contributed by atoms with van der Waals surface area (Å²) in [5, 5.41) is 4.99. The maximum atomic E-state index is 12.0. The smallest absolute Gasteiger partial charge is 0.252 e. The summed E-state index contributed by atoms with van der Waals surface area (Å²) in [4.78, 5) is 25.6. The Morgan fingerprint density at radius 2 is 1.77 bits per heavy atom. The van der Waals surface area contributed by atoms with Gasteiger partial charge in [0.1, 0.15) is 17.2 Å². The van der Waals surface area contributed by atoms with Gasteiger partial charge in [-0.15, -0.1) is 0 Å². The summed E-state index contributed by atoms with van der Waals surface area (Å²) in [6.07, 6.45) is 2.00. The van der Waals surface area contributed by atoms with Gasteiger partial charge in [0, 0.05) is 31.6 Å². The van der Waals surface area contributed by atoms with E-state index in [1.165, 1.54) is 0 Å². The number of nitrogens with two attached hydrogens (primary N) is 1. The van der Waals surface area contributed by atoms with Crippen LogP contribution in [-0.2, 0) is 11.8 Å². The fourth-order valence-electron chi connectivity index (χ4n) is 3.18. The van der Waals surface area contributed by atoms with Gasteiger partial charge in [0.25, 0.3) is 5.91 Å². The van der Waals surface area contributed by atoms with E-state index >= 15 is 0 Å². The molecule has 0 aliphatic rings. The summed E-state index contributed by atoms with van der Waals surface area (Å²) in [6, 6.07) is 10.4. The average molecular weight is 410 g/mol. The van der Waals surface area contributed by atoms with Crippen molar-refractivity contribution >= 4 is 22.7 Å². The van der Waals surface area contributed by atoms with Gasteiger partial charge in [-0.1, -0.05) is 0 Å². The van der Waals surface area contributed by atoms with Crippen LogP contribution in [0.1, 0.15) is 30.6 Å². The molecule has 0 fully saturated rings. The first-order valence-electron chi connectivity index (χ1n) is 9.87. The lowest BCUT2D eigenvalue weighted by Crippen LogP contribution is -2.31. The number of aryl methyl sites for hydroxylation is 1. The minimum Gasteiger partial charge on any atom is -0.493 e. The Morgan fingerprint density at radius 3 is 2.40 bits per heavy atom. The van der Waals surface area contributed by atoms with Crippen molar-refractivity contribution < 1.29 is 19.1 Å². The summed E-state index contributed by atoms with van der Waals surface area (Å²) in [5.74, 6) is 1.02. The topological polar surface area (TPSA) is 99.7 Å². The van der Waals surface area contributed by atoms with Crippen LogP contribution in [0, 0.1) is 0 Å². The Hall–Kier alpha value is -3.55. The molecule has 0 saturated heterocycles. The number of fused-ring (bicyclic) bond motifs is 1. The van der Waals surface area contributed by atoms with E-state index in [-0.39, 0.29) is 11.5 Å². The van der Waals surface area contributed by atoms with Gasteiger partial charge in [-0.2, -0.15) is 5.10 Å². The van der Waals surface area contributed by atoms with Crippen molar-refractivity contribution in [2.75, 3.05) is 19.7 Å².